The Hall–Kier alpha value is -5.87. The maximum atomic E-state index is 6.71. The van der Waals surface area contributed by atoms with Gasteiger partial charge >= 0.3 is 0 Å². The van der Waals surface area contributed by atoms with Gasteiger partial charge in [-0.2, -0.15) is 0 Å². The van der Waals surface area contributed by atoms with Gasteiger partial charge in [0.15, 0.2) is 17.5 Å². The summed E-state index contributed by atoms with van der Waals surface area (Å²) in [5, 5.41) is 2.32. The number of hydrogen-bond donors (Lipinski definition) is 0. The topological polar surface area (TPSA) is 51.8 Å². The van der Waals surface area contributed by atoms with Crippen molar-refractivity contribution < 1.29 is 4.42 Å². The maximum Gasteiger partial charge on any atom is 0.164 e. The van der Waals surface area contributed by atoms with Crippen molar-refractivity contribution in [2.24, 2.45) is 5.41 Å². The predicted molar refractivity (Wildman–Crippen MR) is 200 cm³/mol. The van der Waals surface area contributed by atoms with Gasteiger partial charge < -0.3 is 4.42 Å². The minimum absolute atomic E-state index is 0.0900. The molecule has 2 heterocycles. The molecule has 4 nitrogen and oxygen atoms in total. The predicted octanol–water partition coefficient (Wildman–Crippen LogP) is 11.8. The first-order valence-electron chi connectivity index (χ1n) is 16.9. The second-order valence-electron chi connectivity index (χ2n) is 14.2. The van der Waals surface area contributed by atoms with Gasteiger partial charge in [0.25, 0.3) is 0 Å². The Labute approximate surface area is 286 Å². The van der Waals surface area contributed by atoms with Crippen LogP contribution in [0.2, 0.25) is 0 Å². The molecule has 0 N–H and O–H groups in total. The maximum absolute atomic E-state index is 6.71. The average Bonchev–Trinajstić information content (AvgIpc) is 3.66. The van der Waals surface area contributed by atoms with Gasteiger partial charge in [0, 0.05) is 38.4 Å². The summed E-state index contributed by atoms with van der Waals surface area (Å²) in [5.41, 5.74) is 11.8. The number of rotatable bonds is 4. The summed E-state index contributed by atoms with van der Waals surface area (Å²) in [6.07, 6.45) is 0. The molecule has 49 heavy (non-hydrogen) atoms. The lowest BCUT2D eigenvalue weighted by atomic mass is 9.62. The number of para-hydroxylation sites is 1. The van der Waals surface area contributed by atoms with Crippen molar-refractivity contribution >= 4 is 21.9 Å². The van der Waals surface area contributed by atoms with Crippen LogP contribution >= 0.6 is 0 Å². The average molecular weight is 634 g/mol. The van der Waals surface area contributed by atoms with Crippen LogP contribution in [-0.4, -0.2) is 15.0 Å². The molecule has 4 heteroatoms. The van der Waals surface area contributed by atoms with E-state index in [1.54, 1.807) is 0 Å². The van der Waals surface area contributed by atoms with Crippen molar-refractivity contribution in [3.8, 4) is 56.4 Å². The molecule has 0 spiro atoms. The molecule has 0 fully saturated rings. The number of fused-ring (bicyclic) bond motifs is 7. The zero-order valence-corrected chi connectivity index (χ0v) is 28.0. The lowest BCUT2D eigenvalue weighted by molar-refractivity contribution is 0.255. The lowest BCUT2D eigenvalue weighted by Crippen LogP contribution is -2.36. The number of aromatic nitrogens is 3. The van der Waals surface area contributed by atoms with Gasteiger partial charge in [-0.25, -0.2) is 15.0 Å². The molecule has 0 saturated heterocycles. The smallest absolute Gasteiger partial charge is 0.164 e. The molecule has 0 aliphatic heterocycles. The highest BCUT2D eigenvalue weighted by atomic mass is 16.3. The van der Waals surface area contributed by atoms with Crippen molar-refractivity contribution in [3.63, 3.8) is 0 Å². The van der Waals surface area contributed by atoms with Gasteiger partial charge in [0.05, 0.1) is 0 Å². The first kappa shape index (κ1) is 29.3. The highest BCUT2D eigenvalue weighted by molar-refractivity contribution is 6.10. The Morgan fingerprint density at radius 2 is 1.08 bits per heavy atom. The van der Waals surface area contributed by atoms with E-state index >= 15 is 0 Å². The van der Waals surface area contributed by atoms with Crippen molar-refractivity contribution in [1.82, 2.24) is 15.0 Å². The number of benzene rings is 6. The van der Waals surface area contributed by atoms with E-state index < -0.39 is 0 Å². The Morgan fingerprint density at radius 3 is 1.76 bits per heavy atom. The van der Waals surface area contributed by atoms with Crippen LogP contribution in [-0.2, 0) is 5.41 Å². The first-order valence-corrected chi connectivity index (χ1v) is 16.9. The van der Waals surface area contributed by atoms with Crippen LogP contribution in [0.5, 0.6) is 0 Å². The van der Waals surface area contributed by atoms with Crippen LogP contribution in [0, 0.1) is 5.41 Å². The summed E-state index contributed by atoms with van der Waals surface area (Å²) in [6.45, 7) is 9.42. The Bertz CT molecular complexity index is 2490. The lowest BCUT2D eigenvalue weighted by Gasteiger charge is -2.40. The highest BCUT2D eigenvalue weighted by Crippen LogP contribution is 2.61. The quantitative estimate of drug-likeness (QED) is 0.193. The summed E-state index contributed by atoms with van der Waals surface area (Å²) in [7, 11) is 0. The van der Waals surface area contributed by atoms with Crippen LogP contribution in [0.4, 0.5) is 0 Å². The second-order valence-corrected chi connectivity index (χ2v) is 14.2. The van der Waals surface area contributed by atoms with E-state index in [4.69, 9.17) is 19.4 Å². The SMILES string of the molecule is CC(C)(C)C1(C)c2cccc(-c3cccc(-c4nc(-c5ccccc5)nc(-c5ccccc5)n4)c3)c2-c2ccc3c(oc4ccccc43)c21. The molecule has 0 amide bonds. The Morgan fingerprint density at radius 1 is 0.510 bits per heavy atom. The van der Waals surface area contributed by atoms with Gasteiger partial charge in [-0.3, -0.25) is 0 Å². The molecule has 0 radical (unpaired) electrons. The van der Waals surface area contributed by atoms with E-state index in [2.05, 4.69) is 100 Å². The molecule has 1 aliphatic carbocycles. The number of furan rings is 1. The first-order chi connectivity index (χ1) is 23.8. The van der Waals surface area contributed by atoms with Gasteiger partial charge in [0.2, 0.25) is 0 Å². The van der Waals surface area contributed by atoms with E-state index in [9.17, 15) is 0 Å². The fraction of sp³-hybridized carbons (Fsp3) is 0.133. The minimum Gasteiger partial charge on any atom is -0.456 e. The van der Waals surface area contributed by atoms with Crippen LogP contribution in [0.3, 0.4) is 0 Å². The van der Waals surface area contributed by atoms with E-state index in [0.29, 0.717) is 17.5 Å². The van der Waals surface area contributed by atoms with E-state index in [1.807, 2.05) is 66.7 Å². The molecular formula is C45H35N3O. The van der Waals surface area contributed by atoms with Crippen LogP contribution in [0.1, 0.15) is 38.8 Å². The molecule has 1 aliphatic rings. The monoisotopic (exact) mass is 633 g/mol. The van der Waals surface area contributed by atoms with Gasteiger partial charge in [0.1, 0.15) is 11.2 Å². The van der Waals surface area contributed by atoms with Gasteiger partial charge in [-0.15, -0.1) is 0 Å². The van der Waals surface area contributed by atoms with Crippen LogP contribution in [0.25, 0.3) is 78.4 Å². The molecule has 2 aromatic heterocycles. The number of hydrogen-bond acceptors (Lipinski definition) is 4. The molecule has 8 aromatic rings. The molecule has 9 rings (SSSR count). The molecular weight excluding hydrogens is 599 g/mol. The zero-order chi connectivity index (χ0) is 33.3. The standard InChI is InChI=1S/C45H35N3O/c1-44(2,3)45(4)36-23-14-22-32(38(36)35-26-25-34-33-21-11-12-24-37(33)49-40(34)39(35)45)30-19-13-20-31(27-30)43-47-41(28-15-7-5-8-16-28)46-42(48-43)29-17-9-6-10-18-29/h5-27H,1-4H3. The van der Waals surface area contributed by atoms with Gasteiger partial charge in [-0.1, -0.05) is 149 Å². The van der Waals surface area contributed by atoms with E-state index in [0.717, 1.165) is 38.8 Å². The highest BCUT2D eigenvalue weighted by Gasteiger charge is 2.50. The second kappa shape index (κ2) is 10.8. The van der Waals surface area contributed by atoms with Crippen molar-refractivity contribution in [2.75, 3.05) is 0 Å². The number of nitrogens with zero attached hydrogens (tertiary/aromatic N) is 3. The normalized spacial score (nSPS) is 15.4. The fourth-order valence-corrected chi connectivity index (χ4v) is 7.67. The molecule has 0 saturated carbocycles. The van der Waals surface area contributed by atoms with Gasteiger partial charge in [-0.05, 0) is 51.4 Å². The molecule has 236 valence electrons. The minimum atomic E-state index is -0.290. The summed E-state index contributed by atoms with van der Waals surface area (Å²) in [5.74, 6) is 1.95. The van der Waals surface area contributed by atoms with Crippen LogP contribution in [0.15, 0.2) is 144 Å². The molecule has 0 bridgehead atoms. The zero-order valence-electron chi connectivity index (χ0n) is 28.0. The van der Waals surface area contributed by atoms with E-state index in [-0.39, 0.29) is 10.8 Å². The molecule has 6 aromatic carbocycles. The third kappa shape index (κ3) is 4.48. The Kier molecular flexibility index (Phi) is 6.47. The Balaban J connectivity index is 1.25. The largest absolute Gasteiger partial charge is 0.456 e. The van der Waals surface area contributed by atoms with Crippen molar-refractivity contribution in [2.45, 2.75) is 33.1 Å². The summed E-state index contributed by atoms with van der Waals surface area (Å²) >= 11 is 0. The van der Waals surface area contributed by atoms with E-state index in [1.165, 1.54) is 33.2 Å². The van der Waals surface area contributed by atoms with Crippen molar-refractivity contribution in [3.05, 3.63) is 151 Å². The summed E-state index contributed by atoms with van der Waals surface area (Å²) < 4.78 is 6.71. The molecule has 1 atom stereocenters. The van der Waals surface area contributed by atoms with Crippen molar-refractivity contribution in [1.29, 1.82) is 0 Å². The summed E-state index contributed by atoms with van der Waals surface area (Å²) in [6, 6.07) is 48.6. The van der Waals surface area contributed by atoms with Crippen LogP contribution < -0.4 is 0 Å². The third-order valence-corrected chi connectivity index (χ3v) is 10.6. The molecule has 1 unspecified atom stereocenters. The fourth-order valence-electron chi connectivity index (χ4n) is 7.67. The summed E-state index contributed by atoms with van der Waals surface area (Å²) in [4.78, 5) is 14.9. The third-order valence-electron chi connectivity index (χ3n) is 10.6.